The molecular weight excluding hydrogens is 426 g/mol. The van der Waals surface area contributed by atoms with E-state index in [9.17, 15) is 21.6 Å². The topological polar surface area (TPSA) is 136 Å². The third-order valence-electron chi connectivity index (χ3n) is 3.98. The van der Waals surface area contributed by atoms with Crippen LogP contribution in [-0.2, 0) is 29.6 Å². The van der Waals surface area contributed by atoms with Crippen molar-refractivity contribution < 1.29 is 26.4 Å². The summed E-state index contributed by atoms with van der Waals surface area (Å²) in [5, 5.41) is 8.35. The van der Waals surface area contributed by atoms with E-state index in [1.807, 2.05) is 6.92 Å². The molecule has 1 atom stereocenters. The van der Waals surface area contributed by atoms with Gasteiger partial charge in [-0.2, -0.15) is 4.31 Å². The molecule has 1 aliphatic heterocycles. The summed E-state index contributed by atoms with van der Waals surface area (Å²) in [6.07, 6.45) is 0.393. The van der Waals surface area contributed by atoms with E-state index >= 15 is 0 Å². The van der Waals surface area contributed by atoms with Crippen LogP contribution in [0.3, 0.4) is 0 Å². The van der Waals surface area contributed by atoms with Gasteiger partial charge in [-0.15, -0.1) is 11.3 Å². The number of hydrogen-bond acceptors (Lipinski definition) is 8. The molecule has 0 saturated heterocycles. The normalized spacial score (nSPS) is 20.0. The number of nitrogens with one attached hydrogen (secondary N) is 1. The van der Waals surface area contributed by atoms with Crippen LogP contribution in [0.2, 0.25) is 0 Å². The van der Waals surface area contributed by atoms with Gasteiger partial charge < -0.3 is 10.1 Å². The van der Waals surface area contributed by atoms with Gasteiger partial charge in [-0.05, 0) is 39.8 Å². The van der Waals surface area contributed by atoms with Gasteiger partial charge in [0.15, 0.2) is 0 Å². The van der Waals surface area contributed by atoms with E-state index in [4.69, 9.17) is 9.88 Å². The van der Waals surface area contributed by atoms with Crippen LogP contribution in [0.1, 0.15) is 52.1 Å². The van der Waals surface area contributed by atoms with Gasteiger partial charge in [0, 0.05) is 31.1 Å². The third-order valence-corrected chi connectivity index (χ3v) is 8.94. The van der Waals surface area contributed by atoms with E-state index in [1.54, 1.807) is 20.8 Å². The Morgan fingerprint density at radius 2 is 2.07 bits per heavy atom. The molecule has 12 heteroatoms. The SMILES string of the molecule is CCN[C@H]1CN(CCCC(=O)OC(C)(C)C)S(=O)(=O)c2sc(S(N)(=O)=O)cc21. The minimum atomic E-state index is -4.00. The number of likely N-dealkylation sites (N-methyl/N-ethyl adjacent to an activating group) is 1. The zero-order valence-corrected chi connectivity index (χ0v) is 18.8. The molecule has 0 radical (unpaired) electrons. The minimum Gasteiger partial charge on any atom is -0.460 e. The van der Waals surface area contributed by atoms with E-state index in [0.717, 1.165) is 0 Å². The van der Waals surface area contributed by atoms with E-state index in [1.165, 1.54) is 10.4 Å². The highest BCUT2D eigenvalue weighted by Crippen LogP contribution is 2.39. The van der Waals surface area contributed by atoms with E-state index < -0.39 is 31.6 Å². The Labute approximate surface area is 170 Å². The number of sulfonamides is 2. The highest BCUT2D eigenvalue weighted by atomic mass is 32.3. The van der Waals surface area contributed by atoms with Gasteiger partial charge in [0.25, 0.3) is 10.0 Å². The van der Waals surface area contributed by atoms with Crippen molar-refractivity contribution in [1.82, 2.24) is 9.62 Å². The summed E-state index contributed by atoms with van der Waals surface area (Å²) in [6.45, 7) is 8.04. The molecule has 3 N–H and O–H groups in total. The molecule has 2 rings (SSSR count). The molecule has 0 aliphatic carbocycles. The molecule has 0 spiro atoms. The lowest BCUT2D eigenvalue weighted by Crippen LogP contribution is -2.43. The average Bonchev–Trinajstić information content (AvgIpc) is 2.97. The van der Waals surface area contributed by atoms with Gasteiger partial charge >= 0.3 is 5.97 Å². The van der Waals surface area contributed by atoms with Gasteiger partial charge in [-0.3, -0.25) is 4.79 Å². The average molecular weight is 454 g/mol. The number of thiophene rings is 1. The summed E-state index contributed by atoms with van der Waals surface area (Å²) in [4.78, 5) is 11.9. The van der Waals surface area contributed by atoms with Crippen LogP contribution in [0.4, 0.5) is 0 Å². The third kappa shape index (κ3) is 5.51. The molecule has 9 nitrogen and oxygen atoms in total. The molecule has 160 valence electrons. The lowest BCUT2D eigenvalue weighted by molar-refractivity contribution is -0.154. The van der Waals surface area contributed by atoms with Gasteiger partial charge in [0.05, 0.1) is 0 Å². The zero-order chi connectivity index (χ0) is 21.3. The molecule has 0 bridgehead atoms. The monoisotopic (exact) mass is 453 g/mol. The number of ether oxygens (including phenoxy) is 1. The highest BCUT2D eigenvalue weighted by Gasteiger charge is 2.39. The molecule has 1 aromatic rings. The van der Waals surface area contributed by atoms with Crippen LogP contribution in [-0.4, -0.2) is 52.3 Å². The lowest BCUT2D eigenvalue weighted by atomic mass is 10.1. The standard InChI is InChI=1S/C16H27N3O6S3/c1-5-18-12-10-19(8-6-7-13(20)25-16(2,3)4)28(23,24)15-11(12)9-14(26-15)27(17,21)22/h9,12,18H,5-8,10H2,1-4H3,(H2,17,21,22)/t12-/m0/s1. The first-order chi connectivity index (χ1) is 12.8. The molecular formula is C16H27N3O6S3. The van der Waals surface area contributed by atoms with Crippen molar-refractivity contribution in [2.24, 2.45) is 5.14 Å². The van der Waals surface area contributed by atoms with E-state index in [-0.39, 0.29) is 34.0 Å². The largest absolute Gasteiger partial charge is 0.460 e. The molecule has 28 heavy (non-hydrogen) atoms. The van der Waals surface area contributed by atoms with Gasteiger partial charge in [0.1, 0.15) is 14.0 Å². The number of carbonyl (C=O) groups excluding carboxylic acids is 1. The molecule has 0 fully saturated rings. The maximum absolute atomic E-state index is 13.0. The smallest absolute Gasteiger partial charge is 0.306 e. The Kier molecular flexibility index (Phi) is 6.94. The highest BCUT2D eigenvalue weighted by molar-refractivity contribution is 7.94. The van der Waals surface area contributed by atoms with Crippen LogP contribution in [0, 0.1) is 0 Å². The van der Waals surface area contributed by atoms with Crippen LogP contribution in [0.5, 0.6) is 0 Å². The maximum Gasteiger partial charge on any atom is 0.306 e. The van der Waals surface area contributed by atoms with Crippen molar-refractivity contribution in [3.63, 3.8) is 0 Å². The molecule has 2 heterocycles. The fourth-order valence-electron chi connectivity index (χ4n) is 2.89. The fourth-order valence-corrected chi connectivity index (χ4v) is 7.20. The van der Waals surface area contributed by atoms with Gasteiger partial charge in [-0.1, -0.05) is 6.92 Å². The first kappa shape index (κ1) is 23.2. The first-order valence-corrected chi connectivity index (χ1v) is 12.7. The summed E-state index contributed by atoms with van der Waals surface area (Å²) in [6, 6.07) is 0.981. The maximum atomic E-state index is 13.0. The van der Waals surface area contributed by atoms with Crippen molar-refractivity contribution in [3.05, 3.63) is 11.6 Å². The molecule has 0 amide bonds. The van der Waals surface area contributed by atoms with Crippen molar-refractivity contribution in [2.45, 2.75) is 60.6 Å². The van der Waals surface area contributed by atoms with Crippen molar-refractivity contribution in [1.29, 1.82) is 0 Å². The van der Waals surface area contributed by atoms with E-state index in [0.29, 0.717) is 29.9 Å². The lowest BCUT2D eigenvalue weighted by Gasteiger charge is -2.32. The van der Waals surface area contributed by atoms with Crippen LogP contribution >= 0.6 is 11.3 Å². The minimum absolute atomic E-state index is 0.0222. The predicted molar refractivity (Wildman–Crippen MR) is 106 cm³/mol. The summed E-state index contributed by atoms with van der Waals surface area (Å²) < 4.78 is 55.6. The number of fused-ring (bicyclic) bond motifs is 1. The Morgan fingerprint density at radius 3 is 2.61 bits per heavy atom. The number of carbonyl (C=O) groups is 1. The molecule has 0 saturated carbocycles. The number of primary sulfonamides is 1. The second-order valence-electron chi connectivity index (χ2n) is 7.52. The molecule has 1 aliphatic rings. The van der Waals surface area contributed by atoms with Gasteiger partial charge in [-0.25, -0.2) is 22.0 Å². The van der Waals surface area contributed by atoms with Gasteiger partial charge in [0.2, 0.25) is 10.0 Å². The Bertz CT molecular complexity index is 931. The van der Waals surface area contributed by atoms with E-state index in [2.05, 4.69) is 5.32 Å². The Morgan fingerprint density at radius 1 is 1.43 bits per heavy atom. The van der Waals surface area contributed by atoms with Crippen LogP contribution in [0.25, 0.3) is 0 Å². The number of esters is 1. The first-order valence-electron chi connectivity index (χ1n) is 8.87. The van der Waals surface area contributed by atoms with Crippen molar-refractivity contribution in [3.8, 4) is 0 Å². The fraction of sp³-hybridized carbons (Fsp3) is 0.688. The number of rotatable bonds is 7. The number of hydrogen-bond donors (Lipinski definition) is 2. The number of nitrogens with zero attached hydrogens (tertiary/aromatic N) is 1. The van der Waals surface area contributed by atoms with Crippen molar-refractivity contribution in [2.75, 3.05) is 19.6 Å². The summed E-state index contributed by atoms with van der Waals surface area (Å²) in [7, 11) is -7.87. The Hall–Kier alpha value is -1.05. The summed E-state index contributed by atoms with van der Waals surface area (Å²) >= 11 is 0.656. The Balaban J connectivity index is 2.21. The molecule has 0 unspecified atom stereocenters. The summed E-state index contributed by atoms with van der Waals surface area (Å²) in [5.41, 5.74) is -0.181. The second-order valence-corrected chi connectivity index (χ2v) is 12.5. The zero-order valence-electron chi connectivity index (χ0n) is 16.4. The quantitative estimate of drug-likeness (QED) is 0.592. The van der Waals surface area contributed by atoms with Crippen LogP contribution < -0.4 is 10.5 Å². The number of nitrogens with two attached hydrogens (primary N) is 1. The second kappa shape index (κ2) is 8.36. The van der Waals surface area contributed by atoms with Crippen molar-refractivity contribution >= 4 is 37.4 Å². The molecule has 1 aromatic heterocycles. The van der Waals surface area contributed by atoms with Crippen LogP contribution in [0.15, 0.2) is 14.5 Å². The molecule has 0 aromatic carbocycles. The summed E-state index contributed by atoms with van der Waals surface area (Å²) in [5.74, 6) is -0.390. The predicted octanol–water partition coefficient (Wildman–Crippen LogP) is 1.17.